The Morgan fingerprint density at radius 3 is 2.69 bits per heavy atom. The Morgan fingerprint density at radius 1 is 1.56 bits per heavy atom. The summed E-state index contributed by atoms with van der Waals surface area (Å²) in [5.41, 5.74) is 0. The monoisotopic (exact) mass is 228 g/mol. The van der Waals surface area contributed by atoms with Crippen molar-refractivity contribution in [1.82, 2.24) is 10.2 Å². The Balaban J connectivity index is 2.45. The second kappa shape index (κ2) is 5.72. The lowest BCUT2D eigenvalue weighted by Crippen LogP contribution is -2.47. The first kappa shape index (κ1) is 12.8. The van der Waals surface area contributed by atoms with Crippen LogP contribution in [0.4, 0.5) is 4.79 Å². The minimum Gasteiger partial charge on any atom is -0.480 e. The molecule has 0 saturated carbocycles. The van der Waals surface area contributed by atoms with Gasteiger partial charge in [0.2, 0.25) is 0 Å². The van der Waals surface area contributed by atoms with E-state index in [1.807, 2.05) is 6.92 Å². The second-order valence-corrected chi connectivity index (χ2v) is 4.47. The molecular formula is C11H20N2O3. The molecule has 5 heteroatoms. The summed E-state index contributed by atoms with van der Waals surface area (Å²) in [6, 6.07) is -1.00. The van der Waals surface area contributed by atoms with E-state index in [0.29, 0.717) is 12.3 Å². The smallest absolute Gasteiger partial charge is 0.326 e. The molecule has 0 radical (unpaired) electrons. The summed E-state index contributed by atoms with van der Waals surface area (Å²) in [6.07, 6.45) is 2.22. The lowest BCUT2D eigenvalue weighted by atomic mass is 10.2. The van der Waals surface area contributed by atoms with E-state index in [2.05, 4.69) is 12.2 Å². The van der Waals surface area contributed by atoms with E-state index in [1.54, 1.807) is 4.90 Å². The van der Waals surface area contributed by atoms with Crippen LogP contribution in [0.1, 0.15) is 33.1 Å². The second-order valence-electron chi connectivity index (χ2n) is 4.47. The minimum absolute atomic E-state index is 0.245. The van der Waals surface area contributed by atoms with Crippen LogP contribution >= 0.6 is 0 Å². The van der Waals surface area contributed by atoms with Crippen LogP contribution in [-0.4, -0.2) is 41.1 Å². The van der Waals surface area contributed by atoms with Crippen LogP contribution in [0.3, 0.4) is 0 Å². The summed E-state index contributed by atoms with van der Waals surface area (Å²) in [5.74, 6) is -0.442. The number of nitrogens with zero attached hydrogens (tertiary/aromatic N) is 1. The van der Waals surface area contributed by atoms with Crippen molar-refractivity contribution in [2.75, 3.05) is 13.1 Å². The molecule has 1 saturated heterocycles. The number of hydrogen-bond acceptors (Lipinski definition) is 2. The molecule has 0 aromatic carbocycles. The van der Waals surface area contributed by atoms with E-state index in [4.69, 9.17) is 5.11 Å². The van der Waals surface area contributed by atoms with Gasteiger partial charge in [-0.15, -0.1) is 0 Å². The van der Waals surface area contributed by atoms with Gasteiger partial charge in [-0.1, -0.05) is 20.3 Å². The molecule has 0 spiro atoms. The quantitative estimate of drug-likeness (QED) is 0.761. The highest BCUT2D eigenvalue weighted by Crippen LogP contribution is 2.15. The van der Waals surface area contributed by atoms with Crippen LogP contribution in [0.2, 0.25) is 0 Å². The first-order valence-corrected chi connectivity index (χ1v) is 5.82. The van der Waals surface area contributed by atoms with Crippen LogP contribution in [0.25, 0.3) is 0 Å². The van der Waals surface area contributed by atoms with Crippen LogP contribution in [0.5, 0.6) is 0 Å². The SMILES string of the molecule is CCCC(NC(=O)N1CCC(C)C1)C(=O)O. The zero-order valence-electron chi connectivity index (χ0n) is 9.90. The molecular weight excluding hydrogens is 208 g/mol. The molecule has 0 aromatic rings. The molecule has 92 valence electrons. The van der Waals surface area contributed by atoms with Gasteiger partial charge >= 0.3 is 12.0 Å². The summed E-state index contributed by atoms with van der Waals surface area (Å²) in [4.78, 5) is 24.3. The van der Waals surface area contributed by atoms with Gasteiger partial charge in [0.05, 0.1) is 0 Å². The number of carbonyl (C=O) groups is 2. The lowest BCUT2D eigenvalue weighted by molar-refractivity contribution is -0.139. The Labute approximate surface area is 95.8 Å². The number of likely N-dealkylation sites (tertiary alicyclic amines) is 1. The van der Waals surface area contributed by atoms with E-state index < -0.39 is 12.0 Å². The molecule has 1 rings (SSSR count). The number of amides is 2. The number of hydrogen-bond donors (Lipinski definition) is 2. The van der Waals surface area contributed by atoms with Gasteiger partial charge in [-0.2, -0.15) is 0 Å². The van der Waals surface area contributed by atoms with Crippen molar-refractivity contribution in [3.8, 4) is 0 Å². The van der Waals surface area contributed by atoms with Crippen molar-refractivity contribution in [3.05, 3.63) is 0 Å². The maximum Gasteiger partial charge on any atom is 0.326 e. The first-order valence-electron chi connectivity index (χ1n) is 5.82. The third kappa shape index (κ3) is 3.40. The summed E-state index contributed by atoms with van der Waals surface area (Å²) in [6.45, 7) is 5.45. The Morgan fingerprint density at radius 2 is 2.25 bits per heavy atom. The average molecular weight is 228 g/mol. The number of nitrogens with one attached hydrogen (secondary N) is 1. The van der Waals surface area contributed by atoms with Crippen LogP contribution < -0.4 is 5.32 Å². The van der Waals surface area contributed by atoms with E-state index in [0.717, 1.165) is 25.9 Å². The van der Waals surface area contributed by atoms with Gasteiger partial charge in [-0.05, 0) is 18.8 Å². The molecule has 1 aliphatic rings. The summed E-state index contributed by atoms with van der Waals surface area (Å²) in [7, 11) is 0. The predicted octanol–water partition coefficient (Wildman–Crippen LogP) is 1.29. The minimum atomic E-state index is -0.956. The molecule has 0 aromatic heterocycles. The number of rotatable bonds is 4. The molecule has 2 atom stereocenters. The van der Waals surface area contributed by atoms with Crippen molar-refractivity contribution in [2.24, 2.45) is 5.92 Å². The number of urea groups is 1. The normalized spacial score (nSPS) is 21.9. The molecule has 1 fully saturated rings. The standard InChI is InChI=1S/C11H20N2O3/c1-3-4-9(10(14)15)12-11(16)13-6-5-8(2)7-13/h8-9H,3-7H2,1-2H3,(H,12,16)(H,14,15). The Bertz CT molecular complexity index is 268. The van der Waals surface area contributed by atoms with Crippen molar-refractivity contribution in [2.45, 2.75) is 39.2 Å². The molecule has 1 heterocycles. The van der Waals surface area contributed by atoms with Gasteiger partial charge < -0.3 is 15.3 Å². The lowest BCUT2D eigenvalue weighted by Gasteiger charge is -2.20. The fourth-order valence-electron chi connectivity index (χ4n) is 1.91. The zero-order chi connectivity index (χ0) is 12.1. The largest absolute Gasteiger partial charge is 0.480 e. The zero-order valence-corrected chi connectivity index (χ0v) is 9.90. The van der Waals surface area contributed by atoms with Gasteiger partial charge in [0.15, 0.2) is 0 Å². The van der Waals surface area contributed by atoms with E-state index in [9.17, 15) is 9.59 Å². The third-order valence-corrected chi connectivity index (χ3v) is 2.88. The average Bonchev–Trinajstić information content (AvgIpc) is 2.64. The van der Waals surface area contributed by atoms with Gasteiger partial charge in [0.25, 0.3) is 0 Å². The van der Waals surface area contributed by atoms with E-state index in [1.165, 1.54) is 0 Å². The van der Waals surface area contributed by atoms with Crippen LogP contribution in [0.15, 0.2) is 0 Å². The van der Waals surface area contributed by atoms with Crippen molar-refractivity contribution in [1.29, 1.82) is 0 Å². The van der Waals surface area contributed by atoms with Crippen LogP contribution in [-0.2, 0) is 4.79 Å². The van der Waals surface area contributed by atoms with Crippen molar-refractivity contribution < 1.29 is 14.7 Å². The highest BCUT2D eigenvalue weighted by atomic mass is 16.4. The molecule has 5 nitrogen and oxygen atoms in total. The maximum absolute atomic E-state index is 11.7. The molecule has 2 amide bonds. The topological polar surface area (TPSA) is 69.6 Å². The fraction of sp³-hybridized carbons (Fsp3) is 0.818. The molecule has 0 aliphatic carbocycles. The Hall–Kier alpha value is -1.26. The predicted molar refractivity (Wildman–Crippen MR) is 60.2 cm³/mol. The number of carboxylic acid groups (broad SMARTS) is 1. The van der Waals surface area contributed by atoms with Crippen molar-refractivity contribution in [3.63, 3.8) is 0 Å². The molecule has 0 bridgehead atoms. The maximum atomic E-state index is 11.7. The highest BCUT2D eigenvalue weighted by molar-refractivity contribution is 5.82. The van der Waals surface area contributed by atoms with E-state index in [-0.39, 0.29) is 6.03 Å². The molecule has 2 N–H and O–H groups in total. The Kier molecular flexibility index (Phi) is 4.58. The summed E-state index contributed by atoms with van der Waals surface area (Å²) < 4.78 is 0. The summed E-state index contributed by atoms with van der Waals surface area (Å²) in [5, 5.41) is 11.5. The number of carboxylic acids is 1. The van der Waals surface area contributed by atoms with E-state index >= 15 is 0 Å². The van der Waals surface area contributed by atoms with Gasteiger partial charge in [0, 0.05) is 13.1 Å². The molecule has 2 unspecified atom stereocenters. The molecule has 16 heavy (non-hydrogen) atoms. The van der Waals surface area contributed by atoms with Gasteiger partial charge in [-0.25, -0.2) is 9.59 Å². The van der Waals surface area contributed by atoms with Gasteiger partial charge in [0.1, 0.15) is 6.04 Å². The number of carbonyl (C=O) groups excluding carboxylic acids is 1. The fourth-order valence-corrected chi connectivity index (χ4v) is 1.91. The molecule has 1 aliphatic heterocycles. The third-order valence-electron chi connectivity index (χ3n) is 2.88. The highest BCUT2D eigenvalue weighted by Gasteiger charge is 2.26. The number of aliphatic carboxylic acids is 1. The first-order chi connectivity index (χ1) is 7.54. The van der Waals surface area contributed by atoms with Crippen LogP contribution in [0, 0.1) is 5.92 Å². The van der Waals surface area contributed by atoms with Crippen molar-refractivity contribution >= 4 is 12.0 Å². The summed E-state index contributed by atoms with van der Waals surface area (Å²) >= 11 is 0. The van der Waals surface area contributed by atoms with Gasteiger partial charge in [-0.3, -0.25) is 0 Å².